The molecule has 0 amide bonds. The number of rotatable bonds is 9. The van der Waals surface area contributed by atoms with Gasteiger partial charge in [0.05, 0.1) is 21.2 Å². The fourth-order valence-corrected chi connectivity index (χ4v) is 5.43. The Balaban J connectivity index is 2.45. The number of nitrogens with zero attached hydrogens (tertiary/aromatic N) is 2. The molecule has 0 aliphatic rings. The lowest BCUT2D eigenvalue weighted by atomic mass is 10.2. The summed E-state index contributed by atoms with van der Waals surface area (Å²) < 4.78 is 95.6. The molecule has 178 valence electrons. The fraction of sp³-hybridized carbons (Fsp3) is 0.368. The minimum atomic E-state index is -4.91. The zero-order chi connectivity index (χ0) is 24.3. The molecule has 0 aliphatic carbocycles. The van der Waals surface area contributed by atoms with E-state index in [-0.39, 0.29) is 28.6 Å². The van der Waals surface area contributed by atoms with Gasteiger partial charge in [0.15, 0.2) is 0 Å². The molecule has 0 atom stereocenters. The van der Waals surface area contributed by atoms with Crippen molar-refractivity contribution in [3.63, 3.8) is 0 Å². The Morgan fingerprint density at radius 2 is 1.44 bits per heavy atom. The molecule has 0 unspecified atom stereocenters. The number of benzene rings is 2. The highest BCUT2D eigenvalue weighted by atomic mass is 32.2. The molecule has 2 rings (SSSR count). The number of ether oxygens (including phenoxy) is 1. The van der Waals surface area contributed by atoms with E-state index < -0.39 is 32.2 Å². The molecule has 0 saturated carbocycles. The first-order valence-corrected chi connectivity index (χ1v) is 12.3. The normalized spacial score (nSPS) is 12.6. The standard InChI is InChI=1S/C19H24F3N3O5S2/c1-5-25(6-2)32(28,29)16-11-12-18(24(3)4)17(13-16)23-31(26,27)15-9-7-14(8-10-15)30-19(20,21)22/h7-13,23H,5-6H2,1-4H3. The van der Waals surface area contributed by atoms with E-state index in [0.717, 1.165) is 24.3 Å². The van der Waals surface area contributed by atoms with Crippen molar-refractivity contribution < 1.29 is 34.7 Å². The van der Waals surface area contributed by atoms with Crippen LogP contribution in [0.1, 0.15) is 13.8 Å². The number of nitrogens with one attached hydrogen (secondary N) is 1. The van der Waals surface area contributed by atoms with Crippen LogP contribution >= 0.6 is 0 Å². The van der Waals surface area contributed by atoms with Gasteiger partial charge in [0.25, 0.3) is 10.0 Å². The summed E-state index contributed by atoms with van der Waals surface area (Å²) in [5.41, 5.74) is 0.392. The van der Waals surface area contributed by atoms with Crippen LogP contribution in [-0.2, 0) is 20.0 Å². The fourth-order valence-electron chi connectivity index (χ4n) is 2.88. The quantitative estimate of drug-likeness (QED) is 0.572. The summed E-state index contributed by atoms with van der Waals surface area (Å²) in [6, 6.07) is 7.71. The van der Waals surface area contributed by atoms with E-state index in [1.165, 1.54) is 22.5 Å². The van der Waals surface area contributed by atoms with Crippen molar-refractivity contribution >= 4 is 31.4 Å². The summed E-state index contributed by atoms with van der Waals surface area (Å²) >= 11 is 0. The van der Waals surface area contributed by atoms with Crippen LogP contribution in [0.3, 0.4) is 0 Å². The summed E-state index contributed by atoms with van der Waals surface area (Å²) in [4.78, 5) is 1.17. The van der Waals surface area contributed by atoms with E-state index >= 15 is 0 Å². The number of halogens is 3. The van der Waals surface area contributed by atoms with Crippen LogP contribution in [0.2, 0.25) is 0 Å². The molecule has 0 aromatic heterocycles. The van der Waals surface area contributed by atoms with E-state index in [4.69, 9.17) is 0 Å². The lowest BCUT2D eigenvalue weighted by Gasteiger charge is -2.22. The maximum absolute atomic E-state index is 12.8. The van der Waals surface area contributed by atoms with E-state index in [1.54, 1.807) is 32.8 Å². The smallest absolute Gasteiger partial charge is 0.406 e. The molecule has 0 radical (unpaired) electrons. The third-order valence-corrected chi connectivity index (χ3v) is 7.83. The largest absolute Gasteiger partial charge is 0.573 e. The zero-order valence-electron chi connectivity index (χ0n) is 17.8. The van der Waals surface area contributed by atoms with E-state index in [2.05, 4.69) is 9.46 Å². The predicted molar refractivity (Wildman–Crippen MR) is 115 cm³/mol. The maximum Gasteiger partial charge on any atom is 0.573 e. The van der Waals surface area contributed by atoms with Gasteiger partial charge in [0.1, 0.15) is 5.75 Å². The Bertz CT molecular complexity index is 1150. The Labute approximate surface area is 185 Å². The van der Waals surface area contributed by atoms with E-state index in [0.29, 0.717) is 5.69 Å². The van der Waals surface area contributed by atoms with Crippen molar-refractivity contribution in [1.29, 1.82) is 0 Å². The molecular formula is C19H24F3N3O5S2. The SMILES string of the molecule is CCN(CC)S(=O)(=O)c1ccc(N(C)C)c(NS(=O)(=O)c2ccc(OC(F)(F)F)cc2)c1. The predicted octanol–water partition coefficient (Wildman–Crippen LogP) is 3.48. The van der Waals surface area contributed by atoms with Gasteiger partial charge in [-0.15, -0.1) is 13.2 Å². The summed E-state index contributed by atoms with van der Waals surface area (Å²) in [5.74, 6) is -0.572. The molecule has 0 aliphatic heterocycles. The van der Waals surface area contributed by atoms with Crippen LogP contribution in [0.5, 0.6) is 5.75 Å². The first-order chi connectivity index (χ1) is 14.7. The number of anilines is 2. The number of sulfonamides is 2. The van der Waals surface area contributed by atoms with Crippen LogP contribution in [0.25, 0.3) is 0 Å². The number of hydrogen-bond acceptors (Lipinski definition) is 6. The van der Waals surface area contributed by atoms with Crippen LogP contribution < -0.4 is 14.4 Å². The monoisotopic (exact) mass is 495 g/mol. The summed E-state index contributed by atoms with van der Waals surface area (Å²) in [7, 11) is -4.80. The molecule has 0 fully saturated rings. The van der Waals surface area contributed by atoms with Crippen molar-refractivity contribution in [3.8, 4) is 5.75 Å². The average molecular weight is 496 g/mol. The molecule has 0 bridgehead atoms. The van der Waals surface area contributed by atoms with Gasteiger partial charge in [-0.25, -0.2) is 16.8 Å². The summed E-state index contributed by atoms with van der Waals surface area (Å²) in [5, 5.41) is 0. The minimum Gasteiger partial charge on any atom is -0.406 e. The second-order valence-corrected chi connectivity index (χ2v) is 10.4. The van der Waals surface area contributed by atoms with E-state index in [1.807, 2.05) is 0 Å². The van der Waals surface area contributed by atoms with Gasteiger partial charge >= 0.3 is 6.36 Å². The minimum absolute atomic E-state index is 0.00107. The van der Waals surface area contributed by atoms with E-state index in [9.17, 15) is 30.0 Å². The van der Waals surface area contributed by atoms with Crippen LogP contribution in [0.15, 0.2) is 52.3 Å². The molecular weight excluding hydrogens is 471 g/mol. The Morgan fingerprint density at radius 3 is 1.91 bits per heavy atom. The first-order valence-electron chi connectivity index (χ1n) is 9.41. The van der Waals surface area contributed by atoms with Gasteiger partial charge in [0, 0.05) is 27.2 Å². The van der Waals surface area contributed by atoms with Crippen molar-refractivity contribution in [3.05, 3.63) is 42.5 Å². The molecule has 0 saturated heterocycles. The molecule has 2 aromatic rings. The third kappa shape index (κ3) is 6.04. The highest BCUT2D eigenvalue weighted by Gasteiger charge is 2.31. The topological polar surface area (TPSA) is 96.0 Å². The lowest BCUT2D eigenvalue weighted by molar-refractivity contribution is -0.274. The highest BCUT2D eigenvalue weighted by molar-refractivity contribution is 7.92. The molecule has 32 heavy (non-hydrogen) atoms. The third-order valence-electron chi connectivity index (χ3n) is 4.40. The lowest BCUT2D eigenvalue weighted by Crippen LogP contribution is -2.30. The Morgan fingerprint density at radius 1 is 0.906 bits per heavy atom. The summed E-state index contributed by atoms with van der Waals surface area (Å²) in [6.45, 7) is 3.85. The first kappa shape index (κ1) is 25.7. The molecule has 1 N–H and O–H groups in total. The van der Waals surface area contributed by atoms with Gasteiger partial charge in [-0.05, 0) is 42.5 Å². The van der Waals surface area contributed by atoms with Crippen molar-refractivity contribution in [1.82, 2.24) is 4.31 Å². The van der Waals surface area contributed by atoms with Gasteiger partial charge in [0.2, 0.25) is 10.0 Å². The zero-order valence-corrected chi connectivity index (χ0v) is 19.5. The average Bonchev–Trinajstić information content (AvgIpc) is 2.67. The molecule has 2 aromatic carbocycles. The Kier molecular flexibility index (Phi) is 7.68. The van der Waals surface area contributed by atoms with Crippen LogP contribution in [0.4, 0.5) is 24.5 Å². The molecule has 0 spiro atoms. The van der Waals surface area contributed by atoms with Crippen molar-refractivity contribution in [2.24, 2.45) is 0 Å². The Hall–Kier alpha value is -2.51. The molecule has 13 heteroatoms. The second kappa shape index (κ2) is 9.55. The number of hydrogen-bond donors (Lipinski definition) is 1. The number of alkyl halides is 3. The van der Waals surface area contributed by atoms with Gasteiger partial charge in [-0.2, -0.15) is 4.31 Å². The maximum atomic E-state index is 12.8. The van der Waals surface area contributed by atoms with Crippen LogP contribution in [0, 0.1) is 0 Å². The summed E-state index contributed by atoms with van der Waals surface area (Å²) in [6.07, 6.45) is -4.91. The highest BCUT2D eigenvalue weighted by Crippen LogP contribution is 2.31. The molecule has 0 heterocycles. The second-order valence-electron chi connectivity index (χ2n) is 6.79. The van der Waals surface area contributed by atoms with Crippen molar-refractivity contribution in [2.75, 3.05) is 36.8 Å². The molecule has 8 nitrogen and oxygen atoms in total. The van der Waals surface area contributed by atoms with Gasteiger partial charge < -0.3 is 9.64 Å². The van der Waals surface area contributed by atoms with Crippen LogP contribution in [-0.4, -0.2) is 54.7 Å². The van der Waals surface area contributed by atoms with Gasteiger partial charge in [-0.1, -0.05) is 13.8 Å². The van der Waals surface area contributed by atoms with Gasteiger partial charge in [-0.3, -0.25) is 4.72 Å². The van der Waals surface area contributed by atoms with Crippen molar-refractivity contribution in [2.45, 2.75) is 30.0 Å².